The summed E-state index contributed by atoms with van der Waals surface area (Å²) in [7, 11) is 1.72. The Labute approximate surface area is 216 Å². The number of carbonyl (C=O) groups is 3. The number of ether oxygens (including phenoxy) is 2. The van der Waals surface area contributed by atoms with Gasteiger partial charge in [-0.05, 0) is 58.2 Å². The van der Waals surface area contributed by atoms with Gasteiger partial charge in [0.2, 0.25) is 11.8 Å². The molecule has 202 valence electrons. The van der Waals surface area contributed by atoms with Gasteiger partial charge in [-0.1, -0.05) is 12.1 Å². The van der Waals surface area contributed by atoms with Gasteiger partial charge in [0.15, 0.2) is 0 Å². The molecule has 0 radical (unpaired) electrons. The van der Waals surface area contributed by atoms with Crippen molar-refractivity contribution < 1.29 is 23.9 Å². The van der Waals surface area contributed by atoms with Crippen LogP contribution in [0.5, 0.6) is 0 Å². The molecule has 2 aliphatic heterocycles. The van der Waals surface area contributed by atoms with Crippen LogP contribution in [0, 0.1) is 0 Å². The van der Waals surface area contributed by atoms with Crippen molar-refractivity contribution in [2.75, 3.05) is 32.8 Å². The number of imidazole rings is 1. The van der Waals surface area contributed by atoms with E-state index in [9.17, 15) is 19.2 Å². The van der Waals surface area contributed by atoms with E-state index in [0.29, 0.717) is 31.6 Å². The first-order chi connectivity index (χ1) is 17.5. The molecule has 2 aliphatic rings. The number of benzene rings is 1. The standard InChI is InChI=1S/C26H37N5O6/c1-26(2,3)37-24(34)27-15-18-16-30(13-14-36-18)12-6-8-17-7-5-9-19-22(17)29(4)25(35)31(19)20-10-11-21(32)28-23(20)33/h5,7,9,18,20H,6,8,10-16H2,1-4H3,(H,27,34)(H,28,32,33)/t18-,20?/m0/s1. The molecule has 0 aliphatic carbocycles. The predicted octanol–water partition coefficient (Wildman–Crippen LogP) is 1.48. The largest absolute Gasteiger partial charge is 0.444 e. The molecule has 37 heavy (non-hydrogen) atoms. The molecule has 0 bridgehead atoms. The predicted molar refractivity (Wildman–Crippen MR) is 137 cm³/mol. The maximum Gasteiger partial charge on any atom is 0.407 e. The molecule has 4 rings (SSSR count). The van der Waals surface area contributed by atoms with Gasteiger partial charge in [-0.25, -0.2) is 9.59 Å². The number of morpholine rings is 1. The third kappa shape index (κ3) is 6.40. The third-order valence-electron chi connectivity index (χ3n) is 6.72. The lowest BCUT2D eigenvalue weighted by molar-refractivity contribution is -0.135. The molecule has 2 saturated heterocycles. The van der Waals surface area contributed by atoms with Crippen molar-refractivity contribution in [1.29, 1.82) is 0 Å². The maximum atomic E-state index is 13.1. The van der Waals surface area contributed by atoms with Crippen molar-refractivity contribution in [2.24, 2.45) is 7.05 Å². The van der Waals surface area contributed by atoms with Crippen molar-refractivity contribution >= 4 is 28.9 Å². The van der Waals surface area contributed by atoms with Gasteiger partial charge >= 0.3 is 11.8 Å². The van der Waals surface area contributed by atoms with E-state index in [0.717, 1.165) is 37.0 Å². The molecule has 0 saturated carbocycles. The average Bonchev–Trinajstić information content (AvgIpc) is 3.08. The van der Waals surface area contributed by atoms with E-state index in [1.807, 2.05) is 39.0 Å². The van der Waals surface area contributed by atoms with Crippen LogP contribution in [0.15, 0.2) is 23.0 Å². The number of fused-ring (bicyclic) bond motifs is 1. The second-order valence-electron chi connectivity index (χ2n) is 10.7. The summed E-state index contributed by atoms with van der Waals surface area (Å²) >= 11 is 0. The second kappa shape index (κ2) is 11.1. The summed E-state index contributed by atoms with van der Waals surface area (Å²) in [6.07, 6.45) is 1.62. The van der Waals surface area contributed by atoms with E-state index in [-0.39, 0.29) is 24.1 Å². The smallest absolute Gasteiger partial charge is 0.407 e. The number of amides is 3. The first kappa shape index (κ1) is 26.9. The highest BCUT2D eigenvalue weighted by molar-refractivity contribution is 6.00. The highest BCUT2D eigenvalue weighted by Crippen LogP contribution is 2.25. The number of hydrogen-bond acceptors (Lipinski definition) is 7. The van der Waals surface area contributed by atoms with E-state index in [2.05, 4.69) is 15.5 Å². The quantitative estimate of drug-likeness (QED) is 0.535. The molecular weight excluding hydrogens is 478 g/mol. The molecule has 11 nitrogen and oxygen atoms in total. The van der Waals surface area contributed by atoms with E-state index in [4.69, 9.17) is 9.47 Å². The fourth-order valence-corrected chi connectivity index (χ4v) is 5.06. The number of hydrogen-bond donors (Lipinski definition) is 2. The Balaban J connectivity index is 1.37. The molecule has 1 unspecified atom stereocenters. The van der Waals surface area contributed by atoms with Crippen LogP contribution in [0.1, 0.15) is 51.6 Å². The van der Waals surface area contributed by atoms with Gasteiger partial charge in [-0.15, -0.1) is 0 Å². The number of para-hydroxylation sites is 1. The van der Waals surface area contributed by atoms with Crippen LogP contribution >= 0.6 is 0 Å². The lowest BCUT2D eigenvalue weighted by Crippen LogP contribution is -2.48. The van der Waals surface area contributed by atoms with E-state index < -0.39 is 23.6 Å². The topological polar surface area (TPSA) is 124 Å². The highest BCUT2D eigenvalue weighted by Gasteiger charge is 2.31. The van der Waals surface area contributed by atoms with Crippen molar-refractivity contribution in [1.82, 2.24) is 24.7 Å². The SMILES string of the molecule is Cn1c(=O)n(C2CCC(=O)NC2=O)c2cccc(CCCN3CCO[C@@H](CNC(=O)OC(C)(C)C)C3)c21. The Bertz CT molecular complexity index is 1230. The monoisotopic (exact) mass is 515 g/mol. The Morgan fingerprint density at radius 2 is 2.03 bits per heavy atom. The number of nitrogens with zero attached hydrogens (tertiary/aromatic N) is 3. The molecule has 11 heteroatoms. The van der Waals surface area contributed by atoms with Crippen molar-refractivity contribution in [3.63, 3.8) is 0 Å². The van der Waals surface area contributed by atoms with Gasteiger partial charge < -0.3 is 14.8 Å². The van der Waals surface area contributed by atoms with Crippen LogP contribution < -0.4 is 16.3 Å². The molecule has 1 aromatic heterocycles. The van der Waals surface area contributed by atoms with E-state index in [1.165, 1.54) is 4.57 Å². The fourth-order valence-electron chi connectivity index (χ4n) is 5.06. The number of carbonyl (C=O) groups excluding carboxylic acids is 3. The Morgan fingerprint density at radius 3 is 2.76 bits per heavy atom. The number of nitrogens with one attached hydrogen (secondary N) is 2. The number of piperidine rings is 1. The van der Waals surface area contributed by atoms with Crippen molar-refractivity contribution in [3.8, 4) is 0 Å². The summed E-state index contributed by atoms with van der Waals surface area (Å²) in [6, 6.07) is 5.09. The number of alkyl carbamates (subject to hydrolysis) is 1. The number of rotatable bonds is 7. The first-order valence-electron chi connectivity index (χ1n) is 12.9. The van der Waals surface area contributed by atoms with E-state index >= 15 is 0 Å². The van der Waals surface area contributed by atoms with E-state index in [1.54, 1.807) is 11.6 Å². The van der Waals surface area contributed by atoms with Crippen LogP contribution in [-0.2, 0) is 32.5 Å². The van der Waals surface area contributed by atoms with Gasteiger partial charge in [0, 0.05) is 33.1 Å². The molecule has 2 atom stereocenters. The number of aryl methyl sites for hydroxylation is 2. The van der Waals surface area contributed by atoms with Crippen molar-refractivity contribution in [2.45, 2.75) is 64.2 Å². The van der Waals surface area contributed by atoms with Crippen LogP contribution in [0.25, 0.3) is 11.0 Å². The zero-order chi connectivity index (χ0) is 26.7. The Kier molecular flexibility index (Phi) is 8.03. The summed E-state index contributed by atoms with van der Waals surface area (Å²) in [6.45, 7) is 8.85. The van der Waals surface area contributed by atoms with Gasteiger partial charge in [0.25, 0.3) is 0 Å². The normalized spacial score (nSPS) is 21.2. The average molecular weight is 516 g/mol. The summed E-state index contributed by atoms with van der Waals surface area (Å²) in [4.78, 5) is 51.4. The number of aromatic nitrogens is 2. The summed E-state index contributed by atoms with van der Waals surface area (Å²) in [5.74, 6) is -0.736. The minimum absolute atomic E-state index is 0.104. The fraction of sp³-hybridized carbons (Fsp3) is 0.615. The molecule has 3 heterocycles. The van der Waals surface area contributed by atoms with Gasteiger partial charge in [-0.3, -0.25) is 28.9 Å². The molecule has 2 aromatic rings. The van der Waals surface area contributed by atoms with Crippen LogP contribution in [0.2, 0.25) is 0 Å². The molecule has 2 N–H and O–H groups in total. The van der Waals surface area contributed by atoms with Gasteiger partial charge in [-0.2, -0.15) is 0 Å². The molecule has 2 fully saturated rings. The van der Waals surface area contributed by atoms with Gasteiger partial charge in [0.1, 0.15) is 11.6 Å². The summed E-state index contributed by atoms with van der Waals surface area (Å²) in [5.41, 5.74) is 1.77. The van der Waals surface area contributed by atoms with Crippen LogP contribution in [0.4, 0.5) is 4.79 Å². The van der Waals surface area contributed by atoms with Crippen molar-refractivity contribution in [3.05, 3.63) is 34.2 Å². The zero-order valence-corrected chi connectivity index (χ0v) is 22.0. The lowest BCUT2D eigenvalue weighted by Gasteiger charge is -2.33. The molecule has 1 aromatic carbocycles. The highest BCUT2D eigenvalue weighted by atomic mass is 16.6. The lowest BCUT2D eigenvalue weighted by atomic mass is 10.0. The second-order valence-corrected chi connectivity index (χ2v) is 10.7. The van der Waals surface area contributed by atoms with Crippen LogP contribution in [-0.4, -0.2) is 76.4 Å². The molecule has 3 amide bonds. The first-order valence-corrected chi connectivity index (χ1v) is 12.9. The zero-order valence-electron chi connectivity index (χ0n) is 22.0. The van der Waals surface area contributed by atoms with Crippen LogP contribution in [0.3, 0.4) is 0 Å². The minimum Gasteiger partial charge on any atom is -0.444 e. The third-order valence-corrected chi connectivity index (χ3v) is 6.72. The van der Waals surface area contributed by atoms with Gasteiger partial charge in [0.05, 0.1) is 23.7 Å². The Hall–Kier alpha value is -3.18. The summed E-state index contributed by atoms with van der Waals surface area (Å²) < 4.78 is 14.2. The maximum absolute atomic E-state index is 13.1. The number of imide groups is 1. The minimum atomic E-state index is -0.691. The Morgan fingerprint density at radius 1 is 1.24 bits per heavy atom. The molecule has 0 spiro atoms. The molecular formula is C26H37N5O6. The summed E-state index contributed by atoms with van der Waals surface area (Å²) in [5, 5.41) is 5.13.